The smallest absolute Gasteiger partial charge is 0.248 e. The van der Waals surface area contributed by atoms with Gasteiger partial charge in [-0.05, 0) is 44.2 Å². The molecule has 5 rings (SSSR count). The molecule has 0 fully saturated rings. The molecule has 0 saturated heterocycles. The Hall–Kier alpha value is -4.29. The van der Waals surface area contributed by atoms with Gasteiger partial charge in [-0.1, -0.05) is 54.1 Å². The molecule has 0 unspecified atom stereocenters. The maximum atomic E-state index is 12.7. The Morgan fingerprint density at radius 3 is 2.51 bits per heavy atom. The number of benzene rings is 3. The van der Waals surface area contributed by atoms with E-state index in [4.69, 9.17) is 9.40 Å². The molecule has 1 N–H and O–H groups in total. The van der Waals surface area contributed by atoms with E-state index >= 15 is 0 Å². The summed E-state index contributed by atoms with van der Waals surface area (Å²) < 4.78 is 5.54. The zero-order valence-corrected chi connectivity index (χ0v) is 20.1. The number of aryl methyl sites for hydroxylation is 2. The van der Waals surface area contributed by atoms with Crippen LogP contribution in [0.25, 0.3) is 38.9 Å². The van der Waals surface area contributed by atoms with Crippen molar-refractivity contribution < 1.29 is 9.21 Å². The summed E-state index contributed by atoms with van der Waals surface area (Å²) in [6, 6.07) is 23.1. The van der Waals surface area contributed by atoms with Crippen molar-refractivity contribution in [2.24, 2.45) is 0 Å². The molecule has 0 aliphatic heterocycles. The molecule has 5 aromatic rings. The predicted octanol–water partition coefficient (Wildman–Crippen LogP) is 6.85. The van der Waals surface area contributed by atoms with Gasteiger partial charge in [0.05, 0.1) is 16.6 Å². The number of rotatable bonds is 5. The van der Waals surface area contributed by atoms with E-state index in [0.29, 0.717) is 22.2 Å². The summed E-state index contributed by atoms with van der Waals surface area (Å²) in [6.45, 7) is 3.97. The molecule has 172 valence electrons. The fourth-order valence-corrected chi connectivity index (χ4v) is 4.75. The third-order valence-corrected chi connectivity index (χ3v) is 6.63. The molecular weight excluding hydrogens is 456 g/mol. The van der Waals surface area contributed by atoms with Crippen LogP contribution in [0.2, 0.25) is 0 Å². The lowest BCUT2D eigenvalue weighted by atomic mass is 10.1. The van der Waals surface area contributed by atoms with Crippen molar-refractivity contribution in [3.8, 4) is 21.8 Å². The third-order valence-electron chi connectivity index (χ3n) is 5.61. The molecule has 0 bridgehead atoms. The summed E-state index contributed by atoms with van der Waals surface area (Å²) in [6.07, 6.45) is 4.18. The van der Waals surface area contributed by atoms with E-state index in [1.54, 1.807) is 23.5 Å². The molecule has 0 radical (unpaired) electrons. The average molecular weight is 479 g/mol. The molecular formula is C29H22N2O3S. The van der Waals surface area contributed by atoms with Crippen molar-refractivity contribution in [2.75, 3.05) is 5.32 Å². The Balaban J connectivity index is 1.30. The van der Waals surface area contributed by atoms with Gasteiger partial charge < -0.3 is 9.73 Å². The molecule has 0 aliphatic rings. The second-order valence-electron chi connectivity index (χ2n) is 8.21. The first-order chi connectivity index (χ1) is 17.0. The Bertz CT molecular complexity index is 1610. The van der Waals surface area contributed by atoms with E-state index < -0.39 is 0 Å². The van der Waals surface area contributed by atoms with Crippen LogP contribution in [0.1, 0.15) is 16.0 Å². The highest BCUT2D eigenvalue weighted by Crippen LogP contribution is 2.33. The number of carbonyl (C=O) groups excluding carboxylic acids is 1. The topological polar surface area (TPSA) is 72.2 Å². The number of carbonyl (C=O) groups is 1. The average Bonchev–Trinajstić information content (AvgIpc) is 3.26. The van der Waals surface area contributed by atoms with E-state index in [1.807, 2.05) is 55.5 Å². The molecule has 5 nitrogen and oxygen atoms in total. The van der Waals surface area contributed by atoms with Gasteiger partial charge >= 0.3 is 0 Å². The number of nitrogens with zero attached hydrogens (tertiary/aromatic N) is 1. The van der Waals surface area contributed by atoms with Crippen LogP contribution in [0.15, 0.2) is 94.3 Å². The van der Waals surface area contributed by atoms with Crippen LogP contribution in [-0.2, 0) is 4.79 Å². The van der Waals surface area contributed by atoms with Crippen molar-refractivity contribution >= 4 is 40.0 Å². The molecule has 0 saturated carbocycles. The first-order valence-electron chi connectivity index (χ1n) is 11.1. The first kappa shape index (κ1) is 22.5. The van der Waals surface area contributed by atoms with E-state index in [0.717, 1.165) is 32.3 Å². The third kappa shape index (κ3) is 4.83. The lowest BCUT2D eigenvalue weighted by Crippen LogP contribution is -2.09. The number of amides is 1. The summed E-state index contributed by atoms with van der Waals surface area (Å²) >= 11 is 1.66. The van der Waals surface area contributed by atoms with Crippen LogP contribution in [0.5, 0.6) is 0 Å². The fourth-order valence-electron chi connectivity index (χ4n) is 3.80. The standard InChI is InChI=1S/C29H22N2O3S/c1-18-8-14-25-24(16-18)28(33)22(17-34-25)11-15-26(32)30-23-12-9-20(10-13-23)27-19(2)35-29(31-27)21-6-4-3-5-7-21/h3-17H,1-2H3,(H,30,32)/b15-11+. The zero-order chi connectivity index (χ0) is 24.4. The van der Waals surface area contributed by atoms with Crippen molar-refractivity contribution in [3.63, 3.8) is 0 Å². The monoisotopic (exact) mass is 478 g/mol. The minimum Gasteiger partial charge on any atom is -0.463 e. The maximum Gasteiger partial charge on any atom is 0.248 e. The minimum absolute atomic E-state index is 0.170. The van der Waals surface area contributed by atoms with Crippen LogP contribution in [0, 0.1) is 13.8 Å². The number of hydrogen-bond acceptors (Lipinski definition) is 5. The lowest BCUT2D eigenvalue weighted by Gasteiger charge is -2.04. The number of hydrogen-bond donors (Lipinski definition) is 1. The molecule has 3 aromatic carbocycles. The Kier molecular flexibility index (Phi) is 6.12. The van der Waals surface area contributed by atoms with Gasteiger partial charge in [0.1, 0.15) is 16.9 Å². The maximum absolute atomic E-state index is 12.7. The lowest BCUT2D eigenvalue weighted by molar-refractivity contribution is -0.111. The summed E-state index contributed by atoms with van der Waals surface area (Å²) in [5.74, 6) is -0.335. The van der Waals surface area contributed by atoms with Crippen molar-refractivity contribution in [1.82, 2.24) is 4.98 Å². The highest BCUT2D eigenvalue weighted by Gasteiger charge is 2.11. The van der Waals surface area contributed by atoms with Gasteiger partial charge in [-0.3, -0.25) is 9.59 Å². The van der Waals surface area contributed by atoms with Gasteiger partial charge in [0, 0.05) is 27.8 Å². The molecule has 1 amide bonds. The van der Waals surface area contributed by atoms with Crippen LogP contribution < -0.4 is 10.7 Å². The Morgan fingerprint density at radius 2 is 1.74 bits per heavy atom. The van der Waals surface area contributed by atoms with Crippen molar-refractivity contribution in [1.29, 1.82) is 0 Å². The molecule has 0 spiro atoms. The van der Waals surface area contributed by atoms with Gasteiger partial charge in [0.15, 0.2) is 5.43 Å². The summed E-state index contributed by atoms with van der Waals surface area (Å²) in [5.41, 5.74) is 5.31. The normalized spacial score (nSPS) is 11.3. The molecule has 2 aromatic heterocycles. The van der Waals surface area contributed by atoms with Crippen LogP contribution >= 0.6 is 11.3 Å². The Morgan fingerprint density at radius 1 is 0.971 bits per heavy atom. The molecule has 0 aliphatic carbocycles. The number of fused-ring (bicyclic) bond motifs is 1. The quantitative estimate of drug-likeness (QED) is 0.280. The van der Waals surface area contributed by atoms with Gasteiger partial charge in [-0.25, -0.2) is 4.98 Å². The van der Waals surface area contributed by atoms with E-state index in [-0.39, 0.29) is 11.3 Å². The first-order valence-corrected chi connectivity index (χ1v) is 11.9. The summed E-state index contributed by atoms with van der Waals surface area (Å²) in [7, 11) is 0. The molecule has 0 atom stereocenters. The number of nitrogens with one attached hydrogen (secondary N) is 1. The second-order valence-corrected chi connectivity index (χ2v) is 9.41. The largest absolute Gasteiger partial charge is 0.463 e. The minimum atomic E-state index is -0.335. The van der Waals surface area contributed by atoms with Gasteiger partial charge in [-0.15, -0.1) is 11.3 Å². The van der Waals surface area contributed by atoms with E-state index in [9.17, 15) is 9.59 Å². The van der Waals surface area contributed by atoms with Gasteiger partial charge in [0.2, 0.25) is 5.91 Å². The van der Waals surface area contributed by atoms with Crippen molar-refractivity contribution in [2.45, 2.75) is 13.8 Å². The van der Waals surface area contributed by atoms with Gasteiger partial charge in [0.25, 0.3) is 0 Å². The number of aromatic nitrogens is 1. The number of anilines is 1. The van der Waals surface area contributed by atoms with E-state index in [2.05, 4.69) is 24.4 Å². The Labute approximate surface area is 206 Å². The number of thiazole rings is 1. The summed E-state index contributed by atoms with van der Waals surface area (Å²) in [4.78, 5) is 31.1. The zero-order valence-electron chi connectivity index (χ0n) is 19.2. The SMILES string of the molecule is Cc1ccc2occ(/C=C/C(=O)Nc3ccc(-c4nc(-c5ccccc5)sc4C)cc3)c(=O)c2c1. The molecule has 2 heterocycles. The predicted molar refractivity (Wildman–Crippen MR) is 143 cm³/mol. The van der Waals surface area contributed by atoms with Crippen LogP contribution in [-0.4, -0.2) is 10.9 Å². The van der Waals surface area contributed by atoms with E-state index in [1.165, 1.54) is 18.4 Å². The highest BCUT2D eigenvalue weighted by molar-refractivity contribution is 7.15. The van der Waals surface area contributed by atoms with Crippen LogP contribution in [0.3, 0.4) is 0 Å². The fraction of sp³-hybridized carbons (Fsp3) is 0.0690. The second kappa shape index (κ2) is 9.52. The molecule has 6 heteroatoms. The van der Waals surface area contributed by atoms with Crippen LogP contribution in [0.4, 0.5) is 5.69 Å². The summed E-state index contributed by atoms with van der Waals surface area (Å²) in [5, 5.41) is 4.30. The highest BCUT2D eigenvalue weighted by atomic mass is 32.1. The van der Waals surface area contributed by atoms with Crippen molar-refractivity contribution in [3.05, 3.63) is 111 Å². The molecule has 35 heavy (non-hydrogen) atoms. The van der Waals surface area contributed by atoms with Gasteiger partial charge in [-0.2, -0.15) is 0 Å².